The van der Waals surface area contributed by atoms with Gasteiger partial charge in [0.25, 0.3) is 0 Å². The van der Waals surface area contributed by atoms with Crippen LogP contribution in [0.3, 0.4) is 0 Å². The molecule has 2 unspecified atom stereocenters. The summed E-state index contributed by atoms with van der Waals surface area (Å²) in [5.74, 6) is 1.98. The van der Waals surface area contributed by atoms with Crippen molar-refractivity contribution in [2.45, 2.75) is 52.0 Å². The average Bonchev–Trinajstić information content (AvgIpc) is 3.05. The second-order valence-electron chi connectivity index (χ2n) is 5.64. The number of nitrogens with zero attached hydrogens (tertiary/aromatic N) is 1. The third-order valence-electron chi connectivity index (χ3n) is 4.28. The first-order chi connectivity index (χ1) is 7.85. The minimum atomic E-state index is 0.898. The second kappa shape index (κ2) is 6.02. The van der Waals surface area contributed by atoms with Crippen molar-refractivity contribution in [1.82, 2.24) is 10.2 Å². The van der Waals surface area contributed by atoms with Crippen molar-refractivity contribution in [1.29, 1.82) is 0 Å². The molecule has 16 heavy (non-hydrogen) atoms. The third kappa shape index (κ3) is 3.21. The lowest BCUT2D eigenvalue weighted by molar-refractivity contribution is 0.0623. The molecular formula is C14H28N2. The summed E-state index contributed by atoms with van der Waals surface area (Å²) in [6.45, 7) is 9.66. The summed E-state index contributed by atoms with van der Waals surface area (Å²) >= 11 is 0. The smallest absolute Gasteiger partial charge is 0.0136 e. The van der Waals surface area contributed by atoms with Crippen LogP contribution in [0.5, 0.6) is 0 Å². The number of rotatable bonds is 8. The van der Waals surface area contributed by atoms with Gasteiger partial charge < -0.3 is 10.2 Å². The topological polar surface area (TPSA) is 15.3 Å². The van der Waals surface area contributed by atoms with E-state index in [0.29, 0.717) is 0 Å². The van der Waals surface area contributed by atoms with Crippen molar-refractivity contribution in [2.24, 2.45) is 11.8 Å². The van der Waals surface area contributed by atoms with E-state index in [9.17, 15) is 0 Å². The average molecular weight is 224 g/mol. The van der Waals surface area contributed by atoms with Crippen LogP contribution in [0.15, 0.2) is 0 Å². The van der Waals surface area contributed by atoms with E-state index in [1.807, 2.05) is 0 Å². The molecule has 0 aromatic rings. The molecule has 0 spiro atoms. The predicted molar refractivity (Wildman–Crippen MR) is 69.6 cm³/mol. The predicted octanol–water partition coefficient (Wildman–Crippen LogP) is 2.50. The zero-order valence-corrected chi connectivity index (χ0v) is 11.0. The molecule has 2 atom stereocenters. The minimum Gasteiger partial charge on any atom is -0.316 e. The summed E-state index contributed by atoms with van der Waals surface area (Å²) in [5.41, 5.74) is 0. The van der Waals surface area contributed by atoms with Crippen LogP contribution in [0.25, 0.3) is 0 Å². The first kappa shape index (κ1) is 12.4. The molecule has 0 radical (unpaired) electrons. The van der Waals surface area contributed by atoms with Crippen molar-refractivity contribution < 1.29 is 0 Å². The molecule has 0 amide bonds. The Morgan fingerprint density at radius 2 is 1.94 bits per heavy atom. The Labute approximate surface area is 101 Å². The van der Waals surface area contributed by atoms with E-state index in [0.717, 1.165) is 17.9 Å². The standard InChI is InChI=1S/C14H28N2/c1-3-9-15-10-13-7-8-14(13)16(4-2)11-12-5-6-12/h12-15H,3-11H2,1-2H3. The lowest BCUT2D eigenvalue weighted by Crippen LogP contribution is -2.51. The van der Waals surface area contributed by atoms with Crippen LogP contribution in [0.1, 0.15) is 46.0 Å². The SMILES string of the molecule is CCCNCC1CCC1N(CC)CC1CC1. The van der Waals surface area contributed by atoms with E-state index < -0.39 is 0 Å². The summed E-state index contributed by atoms with van der Waals surface area (Å²) in [4.78, 5) is 2.75. The molecule has 94 valence electrons. The van der Waals surface area contributed by atoms with Gasteiger partial charge in [-0.15, -0.1) is 0 Å². The quantitative estimate of drug-likeness (QED) is 0.637. The summed E-state index contributed by atoms with van der Waals surface area (Å²) in [6, 6.07) is 0.898. The van der Waals surface area contributed by atoms with E-state index in [1.165, 1.54) is 58.3 Å². The Bertz CT molecular complexity index is 201. The molecule has 0 bridgehead atoms. The van der Waals surface area contributed by atoms with Gasteiger partial charge in [-0.25, -0.2) is 0 Å². The normalized spacial score (nSPS) is 29.4. The van der Waals surface area contributed by atoms with Crippen LogP contribution in [0.4, 0.5) is 0 Å². The van der Waals surface area contributed by atoms with Crippen LogP contribution >= 0.6 is 0 Å². The number of nitrogens with one attached hydrogen (secondary N) is 1. The van der Waals surface area contributed by atoms with Gasteiger partial charge in [0.1, 0.15) is 0 Å². The van der Waals surface area contributed by atoms with Gasteiger partial charge in [-0.1, -0.05) is 13.8 Å². The van der Waals surface area contributed by atoms with Crippen molar-refractivity contribution in [3.63, 3.8) is 0 Å². The molecule has 2 aliphatic rings. The van der Waals surface area contributed by atoms with Gasteiger partial charge in [0.2, 0.25) is 0 Å². The van der Waals surface area contributed by atoms with E-state index in [-0.39, 0.29) is 0 Å². The molecule has 2 aliphatic carbocycles. The van der Waals surface area contributed by atoms with Gasteiger partial charge in [-0.3, -0.25) is 0 Å². The molecule has 2 saturated carbocycles. The van der Waals surface area contributed by atoms with Gasteiger partial charge in [0.15, 0.2) is 0 Å². The molecular weight excluding hydrogens is 196 g/mol. The van der Waals surface area contributed by atoms with Gasteiger partial charge in [0, 0.05) is 12.6 Å². The summed E-state index contributed by atoms with van der Waals surface area (Å²) in [6.07, 6.45) is 7.13. The molecule has 2 heteroatoms. The number of hydrogen-bond acceptors (Lipinski definition) is 2. The summed E-state index contributed by atoms with van der Waals surface area (Å²) in [5, 5.41) is 3.59. The van der Waals surface area contributed by atoms with E-state index in [2.05, 4.69) is 24.1 Å². The molecule has 1 N–H and O–H groups in total. The fraction of sp³-hybridized carbons (Fsp3) is 1.00. The maximum Gasteiger partial charge on any atom is 0.0136 e. The van der Waals surface area contributed by atoms with Crippen molar-refractivity contribution in [2.75, 3.05) is 26.2 Å². The second-order valence-corrected chi connectivity index (χ2v) is 5.64. The van der Waals surface area contributed by atoms with Crippen LogP contribution < -0.4 is 5.32 Å². The van der Waals surface area contributed by atoms with E-state index >= 15 is 0 Å². The Kier molecular flexibility index (Phi) is 4.66. The first-order valence-corrected chi connectivity index (χ1v) is 7.29. The van der Waals surface area contributed by atoms with Gasteiger partial charge in [0.05, 0.1) is 0 Å². The molecule has 2 nitrogen and oxygen atoms in total. The molecule has 2 rings (SSSR count). The third-order valence-corrected chi connectivity index (χ3v) is 4.28. The fourth-order valence-electron chi connectivity index (χ4n) is 2.87. The largest absolute Gasteiger partial charge is 0.316 e. The Hall–Kier alpha value is -0.0800. The van der Waals surface area contributed by atoms with Crippen molar-refractivity contribution in [3.8, 4) is 0 Å². The Morgan fingerprint density at radius 3 is 2.44 bits per heavy atom. The first-order valence-electron chi connectivity index (χ1n) is 7.29. The lowest BCUT2D eigenvalue weighted by atomic mass is 9.78. The molecule has 0 aromatic carbocycles. The van der Waals surface area contributed by atoms with E-state index in [1.54, 1.807) is 0 Å². The number of hydrogen-bond donors (Lipinski definition) is 1. The fourth-order valence-corrected chi connectivity index (χ4v) is 2.87. The minimum absolute atomic E-state index is 0.898. The summed E-state index contributed by atoms with van der Waals surface area (Å²) < 4.78 is 0. The van der Waals surface area contributed by atoms with Crippen molar-refractivity contribution in [3.05, 3.63) is 0 Å². The molecule has 0 aromatic heterocycles. The molecule has 2 fully saturated rings. The van der Waals surface area contributed by atoms with Crippen LogP contribution in [0, 0.1) is 11.8 Å². The highest BCUT2D eigenvalue weighted by Crippen LogP contribution is 2.36. The Balaban J connectivity index is 1.69. The monoisotopic (exact) mass is 224 g/mol. The summed E-state index contributed by atoms with van der Waals surface area (Å²) in [7, 11) is 0. The van der Waals surface area contributed by atoms with Gasteiger partial charge in [-0.05, 0) is 63.6 Å². The highest BCUT2D eigenvalue weighted by Gasteiger charge is 2.36. The van der Waals surface area contributed by atoms with Crippen LogP contribution in [-0.4, -0.2) is 37.1 Å². The van der Waals surface area contributed by atoms with Crippen molar-refractivity contribution >= 4 is 0 Å². The van der Waals surface area contributed by atoms with E-state index in [4.69, 9.17) is 0 Å². The highest BCUT2D eigenvalue weighted by molar-refractivity contribution is 4.91. The molecule has 0 heterocycles. The van der Waals surface area contributed by atoms with Gasteiger partial charge in [-0.2, -0.15) is 0 Å². The maximum atomic E-state index is 3.59. The van der Waals surface area contributed by atoms with Crippen LogP contribution in [0.2, 0.25) is 0 Å². The zero-order valence-electron chi connectivity index (χ0n) is 11.0. The highest BCUT2D eigenvalue weighted by atomic mass is 15.2. The maximum absolute atomic E-state index is 3.59. The lowest BCUT2D eigenvalue weighted by Gasteiger charge is -2.44. The molecule has 0 aliphatic heterocycles. The molecule has 0 saturated heterocycles. The van der Waals surface area contributed by atoms with Gasteiger partial charge >= 0.3 is 0 Å². The van der Waals surface area contributed by atoms with Crippen LogP contribution in [-0.2, 0) is 0 Å². The Morgan fingerprint density at radius 1 is 1.12 bits per heavy atom. The zero-order chi connectivity index (χ0) is 11.4.